The molecule has 0 aliphatic heterocycles. The second-order valence-electron chi connectivity index (χ2n) is 17.8. The van der Waals surface area contributed by atoms with Crippen LogP contribution in [0.2, 0.25) is 0 Å². The Bertz CT molecular complexity index is 3310. The number of rotatable bonds is 18. The van der Waals surface area contributed by atoms with Gasteiger partial charge in [-0.2, -0.15) is 15.0 Å². The highest BCUT2D eigenvalue weighted by Crippen LogP contribution is 2.48. The lowest BCUT2D eigenvalue weighted by molar-refractivity contribution is 0.134. The summed E-state index contributed by atoms with van der Waals surface area (Å²) in [6, 6.07) is 68.5. The maximum Gasteiger partial charge on any atom is 0.123 e. The van der Waals surface area contributed by atoms with E-state index in [9.17, 15) is 0 Å². The molecule has 10 aromatic rings. The van der Waals surface area contributed by atoms with E-state index in [1.165, 1.54) is 21.5 Å². The molecule has 0 aliphatic rings. The van der Waals surface area contributed by atoms with Gasteiger partial charge >= 0.3 is 0 Å². The molecule has 0 saturated heterocycles. The number of unbranched alkanes of at least 4 members (excludes halogenated alkanes) is 1. The highest BCUT2D eigenvalue weighted by atomic mass is 16.5. The molecule has 9 nitrogen and oxygen atoms in total. The zero-order valence-electron chi connectivity index (χ0n) is 39.5. The first-order valence-electron chi connectivity index (χ1n) is 24.1. The van der Waals surface area contributed by atoms with Crippen LogP contribution >= 0.6 is 0 Å². The number of hydrazine groups is 1. The molecule has 0 amide bonds. The lowest BCUT2D eigenvalue weighted by Crippen LogP contribution is -2.27. The number of nitrogen functional groups attached to an aromatic ring is 1. The van der Waals surface area contributed by atoms with Crippen molar-refractivity contribution in [2.24, 2.45) is 5.92 Å². The molecule has 0 radical (unpaired) electrons. The Morgan fingerprint density at radius 3 is 1.52 bits per heavy atom. The largest absolute Gasteiger partial charge is 0.396 e. The van der Waals surface area contributed by atoms with Gasteiger partial charge in [0.15, 0.2) is 0 Å². The van der Waals surface area contributed by atoms with Crippen LogP contribution in [0.4, 0.5) is 45.5 Å². The first-order chi connectivity index (χ1) is 34.0. The van der Waals surface area contributed by atoms with Gasteiger partial charge in [0.25, 0.3) is 0 Å². The van der Waals surface area contributed by atoms with Gasteiger partial charge in [-0.3, -0.25) is 0 Å². The van der Waals surface area contributed by atoms with E-state index < -0.39 is 0 Å². The zero-order valence-corrected chi connectivity index (χ0v) is 39.5. The fraction of sp³-hybridized carbons (Fsp3) is 0.167. The van der Waals surface area contributed by atoms with E-state index in [-0.39, 0.29) is 0 Å². The van der Waals surface area contributed by atoms with E-state index >= 15 is 0 Å². The summed E-state index contributed by atoms with van der Waals surface area (Å²) >= 11 is 0. The van der Waals surface area contributed by atoms with Crippen molar-refractivity contribution in [1.82, 2.24) is 20.4 Å². The molecule has 1 aromatic heterocycles. The Kier molecular flexibility index (Phi) is 13.3. The highest BCUT2D eigenvalue weighted by molar-refractivity contribution is 6.13. The van der Waals surface area contributed by atoms with Crippen LogP contribution in [0.1, 0.15) is 33.6 Å². The second-order valence-corrected chi connectivity index (χ2v) is 17.8. The summed E-state index contributed by atoms with van der Waals surface area (Å²) in [5, 5.41) is 15.2. The minimum atomic E-state index is 0.317. The lowest BCUT2D eigenvalue weighted by atomic mass is 9.93. The summed E-state index contributed by atoms with van der Waals surface area (Å²) in [4.78, 5) is 6.47. The first-order valence-corrected chi connectivity index (χ1v) is 24.1. The van der Waals surface area contributed by atoms with Crippen LogP contribution in [0.25, 0.3) is 54.8 Å². The predicted octanol–water partition coefficient (Wildman–Crippen LogP) is 15.0. The van der Waals surface area contributed by atoms with Gasteiger partial charge < -0.3 is 25.7 Å². The van der Waals surface area contributed by atoms with Crippen molar-refractivity contribution in [3.8, 4) is 22.3 Å². The molecular formula is C60H58N8O. The van der Waals surface area contributed by atoms with Crippen molar-refractivity contribution in [2.45, 2.75) is 40.2 Å². The molecule has 1 heterocycles. The zero-order chi connectivity index (χ0) is 47.1. The van der Waals surface area contributed by atoms with Crippen LogP contribution in [0, 0.1) is 5.92 Å². The van der Waals surface area contributed by atoms with Crippen molar-refractivity contribution in [3.05, 3.63) is 194 Å². The highest BCUT2D eigenvalue weighted by Gasteiger charge is 2.26. The van der Waals surface area contributed by atoms with Crippen molar-refractivity contribution < 1.29 is 4.74 Å². The molecule has 9 heteroatoms. The van der Waals surface area contributed by atoms with Crippen LogP contribution < -0.4 is 26.4 Å². The van der Waals surface area contributed by atoms with Crippen LogP contribution in [0.15, 0.2) is 194 Å². The van der Waals surface area contributed by atoms with Crippen molar-refractivity contribution in [3.63, 3.8) is 0 Å². The number of benzene rings is 9. The van der Waals surface area contributed by atoms with Crippen LogP contribution in [0.3, 0.4) is 0 Å². The molecule has 69 heavy (non-hydrogen) atoms. The predicted molar refractivity (Wildman–Crippen MR) is 289 cm³/mol. The molecular weight excluding hydrogens is 849 g/mol. The summed E-state index contributed by atoms with van der Waals surface area (Å²) in [5.41, 5.74) is 27.3. The molecule has 0 bridgehead atoms. The number of fused-ring (bicyclic) bond motifs is 3. The van der Waals surface area contributed by atoms with E-state index in [0.717, 1.165) is 92.5 Å². The number of para-hydroxylation sites is 2. The molecule has 0 spiro atoms. The Morgan fingerprint density at radius 1 is 0.536 bits per heavy atom. The normalized spacial score (nSPS) is 11.5. The van der Waals surface area contributed by atoms with Crippen molar-refractivity contribution in [2.75, 3.05) is 40.7 Å². The van der Waals surface area contributed by atoms with E-state index in [4.69, 9.17) is 20.7 Å². The lowest BCUT2D eigenvalue weighted by Gasteiger charge is -2.27. The smallest absolute Gasteiger partial charge is 0.123 e. The van der Waals surface area contributed by atoms with Gasteiger partial charge in [-0.05, 0) is 94.9 Å². The molecule has 0 fully saturated rings. The monoisotopic (exact) mass is 906 g/mol. The van der Waals surface area contributed by atoms with Gasteiger partial charge in [0.2, 0.25) is 0 Å². The van der Waals surface area contributed by atoms with Gasteiger partial charge in [-0.25, -0.2) is 5.43 Å². The number of nitrogens with one attached hydrogen (secondary N) is 2. The van der Waals surface area contributed by atoms with Gasteiger partial charge in [0.1, 0.15) is 11.0 Å². The van der Waals surface area contributed by atoms with Crippen LogP contribution in [-0.4, -0.2) is 34.8 Å². The maximum absolute atomic E-state index is 7.51. The molecule has 9 aromatic carbocycles. The van der Waals surface area contributed by atoms with E-state index in [1.807, 2.05) is 4.80 Å². The van der Waals surface area contributed by atoms with Crippen LogP contribution in [0.5, 0.6) is 0 Å². The number of aromatic nitrogens is 3. The van der Waals surface area contributed by atoms with Gasteiger partial charge in [-0.1, -0.05) is 161 Å². The van der Waals surface area contributed by atoms with Gasteiger partial charge in [-0.15, -0.1) is 0 Å². The molecule has 4 N–H and O–H groups in total. The van der Waals surface area contributed by atoms with Crippen LogP contribution in [-0.2, 0) is 11.3 Å². The van der Waals surface area contributed by atoms with E-state index in [1.54, 1.807) is 0 Å². The summed E-state index contributed by atoms with van der Waals surface area (Å²) in [7, 11) is 0. The average molecular weight is 907 g/mol. The minimum absolute atomic E-state index is 0.317. The van der Waals surface area contributed by atoms with E-state index in [0.29, 0.717) is 31.3 Å². The quantitative estimate of drug-likeness (QED) is 0.0445. The maximum atomic E-state index is 7.51. The Morgan fingerprint density at radius 2 is 1.00 bits per heavy atom. The summed E-state index contributed by atoms with van der Waals surface area (Å²) < 4.78 is 5.95. The third-order valence-electron chi connectivity index (χ3n) is 12.5. The number of hydrogen-bond acceptors (Lipinski definition) is 8. The standard InChI is InChI=1S/C60H58N8O/c1-4-5-39-69-40-38-62-63-58-56(46-32-36-50(37-33-46)68(48-24-10-7-11-25-48)54-29-17-21-44-19-13-15-27-52(44)54)60-59(64-66(65-60)41-42(2)3)55(57(58)61)45-30-34-49(35-31-45)67(47-22-8-6-9-23-47)53-28-16-20-43-18-12-14-26-51(43)53/h6-37,42,62-63H,4-5,38-41,61H2,1-3H3. The Hall–Kier alpha value is -7.98. The van der Waals surface area contributed by atoms with Gasteiger partial charge in [0.05, 0.1) is 35.9 Å². The average Bonchev–Trinajstić information content (AvgIpc) is 3.79. The molecule has 0 unspecified atom stereocenters. The third-order valence-corrected chi connectivity index (χ3v) is 12.5. The second kappa shape index (κ2) is 20.5. The third kappa shape index (κ3) is 9.35. The fourth-order valence-corrected chi connectivity index (χ4v) is 9.29. The van der Waals surface area contributed by atoms with Gasteiger partial charge in [0, 0.05) is 57.8 Å². The SMILES string of the molecule is CCCCOCCNNc1c(N)c(-c2ccc(N(c3ccccc3)c3cccc4ccccc34)cc2)c2nn(CC(C)C)nc2c1-c1ccc(N(c2ccccc2)c2cccc3ccccc23)cc1. The van der Waals surface area contributed by atoms with Crippen molar-refractivity contribution in [1.29, 1.82) is 0 Å². The van der Waals surface area contributed by atoms with Crippen molar-refractivity contribution >= 4 is 78.1 Å². The summed E-state index contributed by atoms with van der Waals surface area (Å²) in [5.74, 6) is 0.317. The number of ether oxygens (including phenoxy) is 1. The molecule has 0 saturated carbocycles. The molecule has 0 aliphatic carbocycles. The Labute approximate surface area is 404 Å². The van der Waals surface area contributed by atoms with E-state index in [2.05, 4.69) is 236 Å². The summed E-state index contributed by atoms with van der Waals surface area (Å²) in [6.45, 7) is 9.04. The first kappa shape index (κ1) is 44.8. The Balaban J connectivity index is 1.10. The molecule has 0 atom stereocenters. The number of nitrogens with two attached hydrogens (primary N) is 1. The fourth-order valence-electron chi connectivity index (χ4n) is 9.29. The number of anilines is 8. The molecule has 344 valence electrons. The molecule has 10 rings (SSSR count). The number of nitrogens with zero attached hydrogens (tertiary/aromatic N) is 5. The minimum Gasteiger partial charge on any atom is -0.396 e. The topological polar surface area (TPSA) is 96.5 Å². The summed E-state index contributed by atoms with van der Waals surface area (Å²) in [6.07, 6.45) is 2.11. The number of hydrogen-bond donors (Lipinski definition) is 3.